The Bertz CT molecular complexity index is 968. The van der Waals surface area contributed by atoms with E-state index in [4.69, 9.17) is 21.1 Å². The molecule has 2 heterocycles. The van der Waals surface area contributed by atoms with E-state index in [0.29, 0.717) is 29.4 Å². The number of aliphatic hydroxyl groups excluding tert-OH is 1. The summed E-state index contributed by atoms with van der Waals surface area (Å²) >= 11 is 6.07. The fraction of sp³-hybridized carbons (Fsp3) is 0.167. The Hall–Kier alpha value is -2.90. The first-order valence-corrected chi connectivity index (χ1v) is 8.32. The summed E-state index contributed by atoms with van der Waals surface area (Å²) in [5.41, 5.74) is 2.23. The minimum Gasteiger partial charge on any atom is -0.401 e. The van der Waals surface area contributed by atoms with Crippen LogP contribution in [0, 0.1) is 10.1 Å². The highest BCUT2D eigenvalue weighted by atomic mass is 35.5. The van der Waals surface area contributed by atoms with Gasteiger partial charge in [-0.05, 0) is 48.9 Å². The van der Waals surface area contributed by atoms with Crippen molar-refractivity contribution in [1.29, 1.82) is 0 Å². The van der Waals surface area contributed by atoms with Crippen LogP contribution in [0.4, 0.5) is 11.6 Å². The summed E-state index contributed by atoms with van der Waals surface area (Å²) in [6.07, 6.45) is 3.95. The Labute approximate surface area is 154 Å². The number of nitro groups is 1. The van der Waals surface area contributed by atoms with Crippen LogP contribution in [-0.2, 0) is 0 Å². The van der Waals surface area contributed by atoms with E-state index in [1.807, 2.05) is 12.1 Å². The molecule has 0 saturated carbocycles. The van der Waals surface area contributed by atoms with E-state index in [1.165, 1.54) is 12.1 Å². The van der Waals surface area contributed by atoms with Gasteiger partial charge in [-0.1, -0.05) is 11.6 Å². The minimum atomic E-state index is -0.587. The van der Waals surface area contributed by atoms with Crippen LogP contribution in [0.5, 0.6) is 0 Å². The van der Waals surface area contributed by atoms with E-state index in [2.05, 4.69) is 10.3 Å². The fourth-order valence-electron chi connectivity index (χ4n) is 2.45. The fourth-order valence-corrected chi connectivity index (χ4v) is 2.62. The number of nitrogens with zero attached hydrogens (tertiary/aromatic N) is 2. The molecule has 0 saturated heterocycles. The monoisotopic (exact) mass is 373 g/mol. The molecular formula is C18H16ClN3O4. The topological polar surface area (TPSA) is 101 Å². The van der Waals surface area contributed by atoms with E-state index in [1.54, 1.807) is 24.3 Å². The van der Waals surface area contributed by atoms with Crippen LogP contribution in [0.1, 0.15) is 17.9 Å². The van der Waals surface area contributed by atoms with Gasteiger partial charge in [0, 0.05) is 29.2 Å². The molecule has 0 fully saturated rings. The summed E-state index contributed by atoms with van der Waals surface area (Å²) in [5.74, 6) is 0.0498. The zero-order valence-corrected chi connectivity index (χ0v) is 14.4. The molecule has 0 aliphatic carbocycles. The molecule has 0 radical (unpaired) electrons. The van der Waals surface area contributed by atoms with E-state index in [9.17, 15) is 10.1 Å². The largest absolute Gasteiger partial charge is 0.433 e. The van der Waals surface area contributed by atoms with Crippen molar-refractivity contribution < 1.29 is 14.4 Å². The third kappa shape index (κ3) is 4.19. The molecule has 3 aromatic rings. The maximum Gasteiger partial charge on any atom is 0.433 e. The molecule has 134 valence electrons. The lowest BCUT2D eigenvalue weighted by molar-refractivity contribution is -0.402. The standard InChI is InChI=1S/C18H16ClN3O4/c19-12-2-6-15-16(20-8-1-9-23)11-13(21-17(15)10-12)3-4-14-5-7-18(26-14)22(24)25/h2-7,10-11,23H,1,8-9H2,(H,20,21)/b4-3-. The molecule has 0 aliphatic heterocycles. The quantitative estimate of drug-likeness (QED) is 0.362. The van der Waals surface area contributed by atoms with Crippen molar-refractivity contribution in [1.82, 2.24) is 4.98 Å². The van der Waals surface area contributed by atoms with E-state index in [-0.39, 0.29) is 12.5 Å². The third-order valence-electron chi connectivity index (χ3n) is 3.65. The van der Waals surface area contributed by atoms with Crippen molar-refractivity contribution in [2.45, 2.75) is 6.42 Å². The van der Waals surface area contributed by atoms with Crippen LogP contribution >= 0.6 is 11.6 Å². The van der Waals surface area contributed by atoms with Gasteiger partial charge in [0.05, 0.1) is 17.3 Å². The SMILES string of the molecule is O=[N+]([O-])c1ccc(/C=C\c2cc(NCCCO)c3ccc(Cl)cc3n2)o1. The van der Waals surface area contributed by atoms with Crippen LogP contribution in [0.3, 0.4) is 0 Å². The van der Waals surface area contributed by atoms with Gasteiger partial charge < -0.3 is 14.8 Å². The molecule has 26 heavy (non-hydrogen) atoms. The normalized spacial score (nSPS) is 11.3. The van der Waals surface area contributed by atoms with Crippen molar-refractivity contribution in [3.05, 3.63) is 63.0 Å². The lowest BCUT2D eigenvalue weighted by Crippen LogP contribution is -2.04. The Morgan fingerprint density at radius 1 is 1.27 bits per heavy atom. The number of hydrogen-bond acceptors (Lipinski definition) is 6. The molecule has 0 aliphatic rings. The lowest BCUT2D eigenvalue weighted by Gasteiger charge is -2.10. The summed E-state index contributed by atoms with van der Waals surface area (Å²) in [6.45, 7) is 0.720. The molecule has 0 atom stereocenters. The van der Waals surface area contributed by atoms with Gasteiger partial charge in [-0.25, -0.2) is 4.98 Å². The maximum absolute atomic E-state index is 10.7. The smallest absolute Gasteiger partial charge is 0.401 e. The van der Waals surface area contributed by atoms with Crippen LogP contribution in [-0.4, -0.2) is 28.2 Å². The number of hydrogen-bond donors (Lipinski definition) is 2. The first-order valence-electron chi connectivity index (χ1n) is 7.94. The first-order chi connectivity index (χ1) is 12.6. The van der Waals surface area contributed by atoms with Crippen LogP contribution in [0.15, 0.2) is 40.8 Å². The van der Waals surface area contributed by atoms with Crippen molar-refractivity contribution in [3.8, 4) is 0 Å². The predicted molar refractivity (Wildman–Crippen MR) is 101 cm³/mol. The summed E-state index contributed by atoms with van der Waals surface area (Å²) in [4.78, 5) is 14.6. The second-order valence-corrected chi connectivity index (χ2v) is 5.96. The molecule has 8 heteroatoms. The molecule has 0 amide bonds. The van der Waals surface area contributed by atoms with Crippen molar-refractivity contribution in [2.24, 2.45) is 0 Å². The number of aliphatic hydroxyl groups is 1. The molecule has 0 spiro atoms. The third-order valence-corrected chi connectivity index (χ3v) is 3.89. The number of rotatable bonds is 7. The highest BCUT2D eigenvalue weighted by Gasteiger charge is 2.10. The highest BCUT2D eigenvalue weighted by molar-refractivity contribution is 6.31. The van der Waals surface area contributed by atoms with Gasteiger partial charge in [0.2, 0.25) is 0 Å². The number of pyridine rings is 1. The van der Waals surface area contributed by atoms with Gasteiger partial charge in [-0.15, -0.1) is 0 Å². The van der Waals surface area contributed by atoms with E-state index >= 15 is 0 Å². The molecule has 2 aromatic heterocycles. The van der Waals surface area contributed by atoms with Crippen LogP contribution in [0.25, 0.3) is 23.1 Å². The zero-order valence-electron chi connectivity index (χ0n) is 13.7. The number of anilines is 1. The summed E-state index contributed by atoms with van der Waals surface area (Å²) < 4.78 is 5.10. The molecule has 0 unspecified atom stereocenters. The first kappa shape index (κ1) is 17.9. The van der Waals surface area contributed by atoms with Crippen molar-refractivity contribution in [3.63, 3.8) is 0 Å². The number of halogens is 1. The van der Waals surface area contributed by atoms with E-state index < -0.39 is 4.92 Å². The van der Waals surface area contributed by atoms with Gasteiger partial charge in [0.15, 0.2) is 0 Å². The van der Waals surface area contributed by atoms with Crippen LogP contribution in [0.2, 0.25) is 5.02 Å². The molecule has 2 N–H and O–H groups in total. The Morgan fingerprint density at radius 3 is 2.85 bits per heavy atom. The predicted octanol–water partition coefficient (Wildman–Crippen LogP) is 4.35. The number of aromatic nitrogens is 1. The minimum absolute atomic E-state index is 0.103. The second kappa shape index (κ2) is 7.99. The summed E-state index contributed by atoms with van der Waals surface area (Å²) in [7, 11) is 0. The van der Waals surface area contributed by atoms with Gasteiger partial charge in [-0.3, -0.25) is 10.1 Å². The zero-order chi connectivity index (χ0) is 18.5. The summed E-state index contributed by atoms with van der Waals surface area (Å²) in [6, 6.07) is 10.1. The number of fused-ring (bicyclic) bond motifs is 1. The lowest BCUT2D eigenvalue weighted by atomic mass is 10.1. The highest BCUT2D eigenvalue weighted by Crippen LogP contribution is 2.27. The van der Waals surface area contributed by atoms with E-state index in [0.717, 1.165) is 16.6 Å². The molecule has 1 aromatic carbocycles. The maximum atomic E-state index is 10.7. The van der Waals surface area contributed by atoms with Gasteiger partial charge >= 0.3 is 5.88 Å². The Kier molecular flexibility index (Phi) is 5.50. The van der Waals surface area contributed by atoms with Gasteiger partial charge in [-0.2, -0.15) is 0 Å². The average molecular weight is 374 g/mol. The molecule has 0 bridgehead atoms. The second-order valence-electron chi connectivity index (χ2n) is 5.53. The number of furan rings is 1. The molecule has 7 nitrogen and oxygen atoms in total. The molecular weight excluding hydrogens is 358 g/mol. The number of benzene rings is 1. The van der Waals surface area contributed by atoms with Crippen LogP contribution < -0.4 is 5.32 Å². The Balaban J connectivity index is 1.93. The van der Waals surface area contributed by atoms with Gasteiger partial charge in [0.25, 0.3) is 0 Å². The van der Waals surface area contributed by atoms with Crippen molar-refractivity contribution >= 4 is 46.2 Å². The molecule has 3 rings (SSSR count). The number of nitrogens with one attached hydrogen (secondary N) is 1. The van der Waals surface area contributed by atoms with Crippen molar-refractivity contribution in [2.75, 3.05) is 18.5 Å². The van der Waals surface area contributed by atoms with Gasteiger partial charge in [0.1, 0.15) is 10.7 Å². The Morgan fingerprint density at radius 2 is 2.12 bits per heavy atom. The summed E-state index contributed by atoms with van der Waals surface area (Å²) in [5, 5.41) is 24.4. The average Bonchev–Trinajstić information content (AvgIpc) is 3.09.